The first kappa shape index (κ1) is 13.5. The number of rotatable bonds is 3. The van der Waals surface area contributed by atoms with Crippen molar-refractivity contribution in [2.45, 2.75) is 38.9 Å². The fourth-order valence-corrected chi connectivity index (χ4v) is 3.46. The van der Waals surface area contributed by atoms with Crippen LogP contribution in [-0.4, -0.2) is 5.91 Å². The van der Waals surface area contributed by atoms with Crippen LogP contribution in [0.25, 0.3) is 0 Å². The SMILES string of the molecule is O=C(NCc1ccc2c(c1)CNC2)c1ccc2c(c1)CCC2. The molecule has 2 aliphatic rings. The van der Waals surface area contributed by atoms with Gasteiger partial charge in [0.2, 0.25) is 0 Å². The molecule has 112 valence electrons. The Bertz CT molecular complexity index is 736. The third-order valence-electron chi connectivity index (χ3n) is 4.72. The summed E-state index contributed by atoms with van der Waals surface area (Å²) in [4.78, 5) is 12.3. The lowest BCUT2D eigenvalue weighted by Gasteiger charge is -2.08. The van der Waals surface area contributed by atoms with Gasteiger partial charge in [-0.2, -0.15) is 0 Å². The molecule has 0 radical (unpaired) electrons. The Labute approximate surface area is 130 Å². The van der Waals surface area contributed by atoms with Gasteiger partial charge in [-0.15, -0.1) is 0 Å². The van der Waals surface area contributed by atoms with Gasteiger partial charge in [-0.3, -0.25) is 4.79 Å². The first-order chi connectivity index (χ1) is 10.8. The summed E-state index contributed by atoms with van der Waals surface area (Å²) in [5.74, 6) is 0.0216. The zero-order chi connectivity index (χ0) is 14.9. The predicted octanol–water partition coefficient (Wildman–Crippen LogP) is 2.71. The average molecular weight is 292 g/mol. The highest BCUT2D eigenvalue weighted by atomic mass is 16.1. The fourth-order valence-electron chi connectivity index (χ4n) is 3.46. The lowest BCUT2D eigenvalue weighted by molar-refractivity contribution is 0.0951. The molecule has 22 heavy (non-hydrogen) atoms. The highest BCUT2D eigenvalue weighted by molar-refractivity contribution is 5.94. The van der Waals surface area contributed by atoms with Crippen LogP contribution in [0.4, 0.5) is 0 Å². The van der Waals surface area contributed by atoms with Crippen molar-refractivity contribution >= 4 is 5.91 Å². The van der Waals surface area contributed by atoms with Gasteiger partial charge in [0.1, 0.15) is 0 Å². The van der Waals surface area contributed by atoms with E-state index in [0.717, 1.165) is 37.1 Å². The maximum atomic E-state index is 12.3. The number of carbonyl (C=O) groups excluding carboxylic acids is 1. The van der Waals surface area contributed by atoms with Crippen LogP contribution in [0, 0.1) is 0 Å². The molecule has 0 saturated heterocycles. The maximum Gasteiger partial charge on any atom is 0.251 e. The monoisotopic (exact) mass is 292 g/mol. The number of carbonyl (C=O) groups is 1. The van der Waals surface area contributed by atoms with Crippen LogP contribution in [0.1, 0.15) is 44.6 Å². The summed E-state index contributed by atoms with van der Waals surface area (Å²) >= 11 is 0. The number of hydrogen-bond donors (Lipinski definition) is 2. The van der Waals surface area contributed by atoms with Crippen molar-refractivity contribution in [3.8, 4) is 0 Å². The van der Waals surface area contributed by atoms with Crippen molar-refractivity contribution in [3.05, 3.63) is 69.8 Å². The highest BCUT2D eigenvalue weighted by Gasteiger charge is 2.14. The zero-order valence-electron chi connectivity index (χ0n) is 12.6. The molecule has 0 bridgehead atoms. The number of nitrogens with one attached hydrogen (secondary N) is 2. The van der Waals surface area contributed by atoms with E-state index in [-0.39, 0.29) is 5.91 Å². The van der Waals surface area contributed by atoms with E-state index in [1.54, 1.807) is 0 Å². The zero-order valence-corrected chi connectivity index (χ0v) is 12.6. The van der Waals surface area contributed by atoms with Crippen molar-refractivity contribution in [1.82, 2.24) is 10.6 Å². The molecule has 2 aromatic carbocycles. The van der Waals surface area contributed by atoms with Crippen LogP contribution in [-0.2, 0) is 32.5 Å². The van der Waals surface area contributed by atoms with Gasteiger partial charge >= 0.3 is 0 Å². The Morgan fingerprint density at radius 1 is 0.955 bits per heavy atom. The molecule has 0 aromatic heterocycles. The van der Waals surface area contributed by atoms with E-state index in [1.165, 1.54) is 28.7 Å². The summed E-state index contributed by atoms with van der Waals surface area (Å²) < 4.78 is 0. The van der Waals surface area contributed by atoms with Gasteiger partial charge in [-0.25, -0.2) is 0 Å². The molecule has 1 aliphatic carbocycles. The minimum atomic E-state index is 0.0216. The van der Waals surface area contributed by atoms with Crippen molar-refractivity contribution in [2.75, 3.05) is 0 Å². The van der Waals surface area contributed by atoms with E-state index in [9.17, 15) is 4.79 Å². The first-order valence-corrected chi connectivity index (χ1v) is 8.01. The Morgan fingerprint density at radius 2 is 1.77 bits per heavy atom. The normalized spacial score (nSPS) is 15.5. The van der Waals surface area contributed by atoms with Gasteiger partial charge in [-0.1, -0.05) is 24.3 Å². The Hall–Kier alpha value is -2.13. The van der Waals surface area contributed by atoms with Crippen molar-refractivity contribution < 1.29 is 4.79 Å². The highest BCUT2D eigenvalue weighted by Crippen LogP contribution is 2.23. The Morgan fingerprint density at radius 3 is 2.73 bits per heavy atom. The van der Waals surface area contributed by atoms with Crippen LogP contribution in [0.15, 0.2) is 36.4 Å². The molecule has 0 unspecified atom stereocenters. The molecule has 2 N–H and O–H groups in total. The number of hydrogen-bond acceptors (Lipinski definition) is 2. The maximum absolute atomic E-state index is 12.3. The molecule has 1 aliphatic heterocycles. The second-order valence-corrected chi connectivity index (χ2v) is 6.23. The predicted molar refractivity (Wildman–Crippen MR) is 86.6 cm³/mol. The molecule has 1 amide bonds. The number of benzene rings is 2. The molecule has 0 atom stereocenters. The molecule has 0 saturated carbocycles. The molecule has 2 aromatic rings. The summed E-state index contributed by atoms with van der Waals surface area (Å²) in [5.41, 5.74) is 7.41. The van der Waals surface area contributed by atoms with Crippen LogP contribution in [0.3, 0.4) is 0 Å². The lowest BCUT2D eigenvalue weighted by atomic mass is 10.1. The Kier molecular flexibility index (Phi) is 3.43. The van der Waals surface area contributed by atoms with Gasteiger partial charge in [-0.05, 0) is 59.2 Å². The fraction of sp³-hybridized carbons (Fsp3) is 0.316. The second kappa shape index (κ2) is 5.58. The van der Waals surface area contributed by atoms with E-state index in [4.69, 9.17) is 0 Å². The quantitative estimate of drug-likeness (QED) is 0.913. The summed E-state index contributed by atoms with van der Waals surface area (Å²) in [6.07, 6.45) is 3.47. The van der Waals surface area contributed by atoms with E-state index in [1.807, 2.05) is 6.07 Å². The molecular weight excluding hydrogens is 272 g/mol. The summed E-state index contributed by atoms with van der Waals surface area (Å²) in [6, 6.07) is 12.6. The topological polar surface area (TPSA) is 41.1 Å². The molecule has 0 spiro atoms. The summed E-state index contributed by atoms with van der Waals surface area (Å²) in [5, 5.41) is 6.38. The molecule has 3 nitrogen and oxygen atoms in total. The number of fused-ring (bicyclic) bond motifs is 2. The number of aryl methyl sites for hydroxylation is 2. The number of amides is 1. The van der Waals surface area contributed by atoms with Crippen molar-refractivity contribution in [1.29, 1.82) is 0 Å². The van der Waals surface area contributed by atoms with E-state index in [2.05, 4.69) is 41.0 Å². The molecule has 1 heterocycles. The van der Waals surface area contributed by atoms with Crippen molar-refractivity contribution in [3.63, 3.8) is 0 Å². The molecule has 0 fully saturated rings. The Balaban J connectivity index is 1.44. The third kappa shape index (κ3) is 2.53. The lowest BCUT2D eigenvalue weighted by Crippen LogP contribution is -2.23. The van der Waals surface area contributed by atoms with E-state index in [0.29, 0.717) is 6.54 Å². The van der Waals surface area contributed by atoms with Crippen LogP contribution >= 0.6 is 0 Å². The molecular formula is C19H20N2O. The second-order valence-electron chi connectivity index (χ2n) is 6.23. The summed E-state index contributed by atoms with van der Waals surface area (Å²) in [7, 11) is 0. The minimum absolute atomic E-state index is 0.0216. The van der Waals surface area contributed by atoms with Crippen molar-refractivity contribution in [2.24, 2.45) is 0 Å². The largest absolute Gasteiger partial charge is 0.348 e. The summed E-state index contributed by atoms with van der Waals surface area (Å²) in [6.45, 7) is 2.47. The standard InChI is InChI=1S/C19H20N2O/c22-19(16-7-6-14-2-1-3-15(14)9-16)21-10-13-4-5-17-11-20-12-18(17)8-13/h4-9,20H,1-3,10-12H2,(H,21,22). The van der Waals surface area contributed by atoms with Gasteiger partial charge in [0.25, 0.3) is 5.91 Å². The third-order valence-corrected chi connectivity index (χ3v) is 4.72. The van der Waals surface area contributed by atoms with Crippen LogP contribution in [0.5, 0.6) is 0 Å². The molecule has 3 heteroatoms. The van der Waals surface area contributed by atoms with Crippen LogP contribution in [0.2, 0.25) is 0 Å². The first-order valence-electron chi connectivity index (χ1n) is 8.01. The van der Waals surface area contributed by atoms with E-state index < -0.39 is 0 Å². The van der Waals surface area contributed by atoms with Gasteiger partial charge in [0, 0.05) is 25.2 Å². The van der Waals surface area contributed by atoms with Crippen LogP contribution < -0.4 is 10.6 Å². The molecule has 4 rings (SSSR count). The minimum Gasteiger partial charge on any atom is -0.348 e. The van der Waals surface area contributed by atoms with Gasteiger partial charge < -0.3 is 10.6 Å². The van der Waals surface area contributed by atoms with Gasteiger partial charge in [0.05, 0.1) is 0 Å². The smallest absolute Gasteiger partial charge is 0.251 e. The average Bonchev–Trinajstić information content (AvgIpc) is 3.19. The van der Waals surface area contributed by atoms with Gasteiger partial charge in [0.15, 0.2) is 0 Å². The van der Waals surface area contributed by atoms with E-state index >= 15 is 0 Å².